The molecule has 1 rings (SSSR count). The summed E-state index contributed by atoms with van der Waals surface area (Å²) in [6, 6.07) is 0. The second-order valence-electron chi connectivity index (χ2n) is 1.65. The van der Waals surface area contributed by atoms with E-state index in [1.807, 2.05) is 2.90 Å². The minimum absolute atomic E-state index is 0.792. The molecule has 56 valence electrons. The van der Waals surface area contributed by atoms with E-state index in [0.29, 0.717) is 0 Å². The quantitative estimate of drug-likeness (QED) is 0.613. The normalized spacial score (nSPS) is 10.3. The van der Waals surface area contributed by atoms with Crippen LogP contribution in [0.3, 0.4) is 0 Å². The number of hydrogen-bond donors (Lipinski definition) is 1. The SMILES string of the molecule is BrCc1n[nH][n+](I)c1CBr. The summed E-state index contributed by atoms with van der Waals surface area (Å²) >= 11 is 8.87. The summed E-state index contributed by atoms with van der Waals surface area (Å²) in [6.07, 6.45) is 0. The van der Waals surface area contributed by atoms with Crippen LogP contribution in [-0.2, 0) is 10.7 Å². The lowest BCUT2D eigenvalue weighted by Gasteiger charge is -1.84. The van der Waals surface area contributed by atoms with Crippen LogP contribution in [0.2, 0.25) is 0 Å². The van der Waals surface area contributed by atoms with E-state index in [0.717, 1.165) is 22.0 Å². The number of aromatic amines is 1. The van der Waals surface area contributed by atoms with Crippen molar-refractivity contribution in [1.82, 2.24) is 10.3 Å². The van der Waals surface area contributed by atoms with Gasteiger partial charge in [0, 0.05) is 5.10 Å². The number of H-pyrrole nitrogens is 1. The van der Waals surface area contributed by atoms with Crippen molar-refractivity contribution >= 4 is 54.7 Å². The third-order valence-electron chi connectivity index (χ3n) is 1.10. The number of halogens is 3. The Bertz CT molecular complexity index is 224. The zero-order valence-corrected chi connectivity index (χ0v) is 10.3. The standard InChI is InChI=1S/C4H4Br2IN3/c5-1-3-4(2-6)10(7)9-8-3/h1-2H2/p+1. The molecular formula is C4H5Br2IN3+. The number of nitrogens with zero attached hydrogens (tertiary/aromatic N) is 2. The summed E-state index contributed by atoms with van der Waals surface area (Å²) in [6.45, 7) is 0. The summed E-state index contributed by atoms with van der Waals surface area (Å²) in [5.41, 5.74) is 2.21. The van der Waals surface area contributed by atoms with E-state index in [9.17, 15) is 0 Å². The fraction of sp³-hybridized carbons (Fsp3) is 0.500. The summed E-state index contributed by atoms with van der Waals surface area (Å²) in [5, 5.41) is 8.51. The Kier molecular flexibility index (Phi) is 3.58. The Morgan fingerprint density at radius 3 is 2.60 bits per heavy atom. The molecule has 1 aromatic rings. The highest BCUT2D eigenvalue weighted by Crippen LogP contribution is 2.08. The molecule has 0 aliphatic heterocycles. The van der Waals surface area contributed by atoms with Crippen LogP contribution in [0, 0.1) is 0 Å². The lowest BCUT2D eigenvalue weighted by atomic mass is 10.4. The first-order valence-electron chi connectivity index (χ1n) is 2.56. The second-order valence-corrected chi connectivity index (χ2v) is 3.74. The largest absolute Gasteiger partial charge is 0.233 e. The van der Waals surface area contributed by atoms with Gasteiger partial charge in [-0.2, -0.15) is 0 Å². The third kappa shape index (κ3) is 1.70. The molecule has 0 amide bonds. The minimum Gasteiger partial charge on any atom is -0.0954 e. The number of rotatable bonds is 2. The van der Waals surface area contributed by atoms with Crippen LogP contribution in [0.15, 0.2) is 0 Å². The fourth-order valence-corrected chi connectivity index (χ4v) is 2.63. The predicted octanol–water partition coefficient (Wildman–Crippen LogP) is 1.69. The topological polar surface area (TPSA) is 32.6 Å². The third-order valence-corrected chi connectivity index (χ3v) is 2.96. The van der Waals surface area contributed by atoms with Gasteiger partial charge in [-0.1, -0.05) is 34.8 Å². The van der Waals surface area contributed by atoms with Gasteiger partial charge in [0.2, 0.25) is 28.6 Å². The summed E-state index contributed by atoms with van der Waals surface area (Å²) in [7, 11) is 0. The van der Waals surface area contributed by atoms with E-state index in [1.165, 1.54) is 0 Å². The van der Waals surface area contributed by atoms with Crippen LogP contribution in [0.5, 0.6) is 0 Å². The van der Waals surface area contributed by atoms with Crippen molar-refractivity contribution in [2.24, 2.45) is 0 Å². The zero-order valence-electron chi connectivity index (χ0n) is 4.94. The number of hydrogen-bond acceptors (Lipinski definition) is 1. The molecule has 0 unspecified atom stereocenters. The maximum atomic E-state index is 4.06. The Hall–Kier alpha value is 0.830. The van der Waals surface area contributed by atoms with Gasteiger partial charge in [0.1, 0.15) is 0 Å². The molecule has 1 aromatic heterocycles. The first-order valence-corrected chi connectivity index (χ1v) is 5.76. The Morgan fingerprint density at radius 2 is 2.20 bits per heavy atom. The minimum atomic E-state index is 0.792. The number of nitrogens with one attached hydrogen (secondary N) is 1. The van der Waals surface area contributed by atoms with Crippen LogP contribution >= 0.6 is 54.7 Å². The van der Waals surface area contributed by atoms with Crippen molar-refractivity contribution in [2.45, 2.75) is 10.7 Å². The van der Waals surface area contributed by atoms with Crippen LogP contribution in [0.4, 0.5) is 0 Å². The molecule has 1 N–H and O–H groups in total. The molecule has 6 heteroatoms. The van der Waals surface area contributed by atoms with Crippen molar-refractivity contribution in [2.75, 3.05) is 0 Å². The Morgan fingerprint density at radius 1 is 1.50 bits per heavy atom. The van der Waals surface area contributed by atoms with Gasteiger partial charge in [0.25, 0.3) is 0 Å². The average molecular weight is 382 g/mol. The van der Waals surface area contributed by atoms with Crippen molar-refractivity contribution in [3.8, 4) is 0 Å². The van der Waals surface area contributed by atoms with Crippen LogP contribution in [-0.4, -0.2) is 10.3 Å². The van der Waals surface area contributed by atoms with Crippen LogP contribution in [0.1, 0.15) is 11.4 Å². The van der Waals surface area contributed by atoms with Crippen LogP contribution < -0.4 is 2.90 Å². The van der Waals surface area contributed by atoms with E-state index >= 15 is 0 Å². The van der Waals surface area contributed by atoms with Gasteiger partial charge in [-0.3, -0.25) is 0 Å². The van der Waals surface area contributed by atoms with Gasteiger partial charge in [-0.15, -0.1) is 0 Å². The van der Waals surface area contributed by atoms with Gasteiger partial charge < -0.3 is 0 Å². The van der Waals surface area contributed by atoms with Crippen molar-refractivity contribution in [3.05, 3.63) is 11.4 Å². The molecule has 0 saturated carbocycles. The molecule has 10 heavy (non-hydrogen) atoms. The van der Waals surface area contributed by atoms with Gasteiger partial charge in [-0.25, -0.2) is 0 Å². The Balaban J connectivity index is 3.01. The summed E-state index contributed by atoms with van der Waals surface area (Å²) in [5.74, 6) is 0. The lowest BCUT2D eigenvalue weighted by Crippen LogP contribution is -2.25. The zero-order chi connectivity index (χ0) is 7.56. The highest BCUT2D eigenvalue weighted by Gasteiger charge is 2.16. The van der Waals surface area contributed by atoms with E-state index in [-0.39, 0.29) is 0 Å². The Labute approximate surface area is 89.3 Å². The van der Waals surface area contributed by atoms with Gasteiger partial charge in [-0.05, 0) is 5.21 Å². The van der Waals surface area contributed by atoms with Gasteiger partial charge in [0.15, 0.2) is 5.69 Å². The maximum Gasteiger partial charge on any atom is 0.233 e. The smallest absolute Gasteiger partial charge is 0.0954 e. The second kappa shape index (κ2) is 4.01. The molecule has 0 fully saturated rings. The number of aromatic nitrogens is 3. The van der Waals surface area contributed by atoms with E-state index < -0.39 is 0 Å². The average Bonchev–Trinajstić information content (AvgIpc) is 2.30. The van der Waals surface area contributed by atoms with Crippen molar-refractivity contribution < 1.29 is 2.90 Å². The van der Waals surface area contributed by atoms with Gasteiger partial charge in [0.05, 0.1) is 10.7 Å². The highest BCUT2D eigenvalue weighted by molar-refractivity contribution is 14.1. The van der Waals surface area contributed by atoms with E-state index in [2.05, 4.69) is 65.0 Å². The molecule has 1 heterocycles. The van der Waals surface area contributed by atoms with E-state index in [4.69, 9.17) is 0 Å². The molecule has 0 aromatic carbocycles. The van der Waals surface area contributed by atoms with E-state index in [1.54, 1.807) is 0 Å². The molecule has 0 aliphatic carbocycles. The molecule has 0 spiro atoms. The van der Waals surface area contributed by atoms with Crippen molar-refractivity contribution in [1.29, 1.82) is 0 Å². The van der Waals surface area contributed by atoms with Crippen LogP contribution in [0.25, 0.3) is 0 Å². The molecule has 0 radical (unpaired) electrons. The fourth-order valence-electron chi connectivity index (χ4n) is 0.579. The first-order chi connectivity index (χ1) is 4.79. The predicted molar refractivity (Wildman–Crippen MR) is 53.5 cm³/mol. The molecule has 3 nitrogen and oxygen atoms in total. The lowest BCUT2D eigenvalue weighted by molar-refractivity contribution is -0.521. The summed E-state index contributed by atoms with van der Waals surface area (Å²) < 4.78 is 1.86. The summed E-state index contributed by atoms with van der Waals surface area (Å²) in [4.78, 5) is 0. The molecule has 0 saturated heterocycles. The first kappa shape index (κ1) is 8.92. The molecule has 0 aliphatic rings. The monoisotopic (exact) mass is 380 g/mol. The van der Waals surface area contributed by atoms with Gasteiger partial charge >= 0.3 is 0 Å². The number of alkyl halides is 2. The highest BCUT2D eigenvalue weighted by atomic mass is 127. The molecule has 0 bridgehead atoms. The van der Waals surface area contributed by atoms with Crippen molar-refractivity contribution in [3.63, 3.8) is 0 Å². The molecular weight excluding hydrogens is 377 g/mol. The maximum absolute atomic E-state index is 4.06. The molecule has 0 atom stereocenters.